The van der Waals surface area contributed by atoms with Gasteiger partial charge in [0.2, 0.25) is 0 Å². The van der Waals surface area contributed by atoms with E-state index in [4.69, 9.17) is 17.3 Å². The molecule has 0 fully saturated rings. The number of halogens is 1. The average molecular weight is 260 g/mol. The predicted molar refractivity (Wildman–Crippen MR) is 66.5 cm³/mol. The monoisotopic (exact) mass is 259 g/mol. The highest BCUT2D eigenvalue weighted by atomic mass is 35.5. The summed E-state index contributed by atoms with van der Waals surface area (Å²) in [7, 11) is 1.58. The number of aliphatic imine (C=N–C) groups is 1. The Balaban J connectivity index is 2.57. The number of hydrogen-bond acceptors (Lipinski definition) is 4. The topological polar surface area (TPSA) is 92.4 Å². The third-order valence-electron chi connectivity index (χ3n) is 1.41. The van der Waals surface area contributed by atoms with Crippen LogP contribution in [0.4, 0.5) is 10.6 Å². The van der Waals surface area contributed by atoms with Gasteiger partial charge in [0.05, 0.1) is 5.02 Å². The van der Waals surface area contributed by atoms with Crippen LogP contribution >= 0.6 is 23.5 Å². The van der Waals surface area contributed by atoms with Gasteiger partial charge >= 0.3 is 6.03 Å². The van der Waals surface area contributed by atoms with Gasteiger partial charge in [-0.25, -0.2) is 9.78 Å². The highest BCUT2D eigenvalue weighted by molar-refractivity contribution is 8.12. The number of amides is 2. The van der Waals surface area contributed by atoms with Crippen molar-refractivity contribution in [1.82, 2.24) is 9.71 Å². The SMILES string of the molecule is CN=C(Nc1ccc(Cl)cn1)SNC(N)=O. The van der Waals surface area contributed by atoms with Crippen molar-refractivity contribution in [2.45, 2.75) is 0 Å². The first-order valence-electron chi connectivity index (χ1n) is 4.19. The Hall–Kier alpha value is -1.47. The van der Waals surface area contributed by atoms with Crippen LogP contribution in [0.1, 0.15) is 0 Å². The van der Waals surface area contributed by atoms with Crippen LogP contribution in [0.25, 0.3) is 0 Å². The summed E-state index contributed by atoms with van der Waals surface area (Å²) >= 11 is 6.66. The summed E-state index contributed by atoms with van der Waals surface area (Å²) in [5.74, 6) is 0.573. The van der Waals surface area contributed by atoms with Gasteiger partial charge in [-0.05, 0) is 12.1 Å². The Kier molecular flexibility index (Phi) is 4.87. The molecule has 16 heavy (non-hydrogen) atoms. The number of amidine groups is 1. The molecule has 0 aliphatic heterocycles. The van der Waals surface area contributed by atoms with Crippen LogP contribution in [0.2, 0.25) is 5.02 Å². The fourth-order valence-corrected chi connectivity index (χ4v) is 1.34. The molecule has 0 aromatic carbocycles. The summed E-state index contributed by atoms with van der Waals surface area (Å²) in [5.41, 5.74) is 4.92. The van der Waals surface area contributed by atoms with Gasteiger partial charge in [-0.3, -0.25) is 9.71 Å². The highest BCUT2D eigenvalue weighted by Gasteiger charge is 2.02. The second-order valence-electron chi connectivity index (χ2n) is 2.58. The molecular weight excluding hydrogens is 250 g/mol. The van der Waals surface area contributed by atoms with Crippen LogP contribution in [0.3, 0.4) is 0 Å². The number of nitrogens with two attached hydrogens (primary N) is 1. The molecular formula is C8H10ClN5OS. The minimum absolute atomic E-state index is 0.466. The first-order chi connectivity index (χ1) is 7.61. The maximum atomic E-state index is 10.5. The Morgan fingerprint density at radius 3 is 2.88 bits per heavy atom. The second-order valence-corrected chi connectivity index (χ2v) is 3.82. The average Bonchev–Trinajstić information content (AvgIpc) is 2.26. The molecule has 1 rings (SSSR count). The molecule has 4 N–H and O–H groups in total. The molecule has 0 atom stereocenters. The van der Waals surface area contributed by atoms with Crippen LogP contribution in [0, 0.1) is 0 Å². The van der Waals surface area contributed by atoms with E-state index in [1.807, 2.05) is 0 Å². The van der Waals surface area contributed by atoms with Crippen LogP contribution in [-0.2, 0) is 0 Å². The molecule has 6 nitrogen and oxygen atoms in total. The van der Waals surface area contributed by atoms with E-state index in [-0.39, 0.29) is 0 Å². The van der Waals surface area contributed by atoms with Crippen molar-refractivity contribution < 1.29 is 4.79 Å². The lowest BCUT2D eigenvalue weighted by molar-refractivity contribution is 0.254. The molecule has 0 radical (unpaired) electrons. The molecule has 0 saturated carbocycles. The Labute approximate surface area is 102 Å². The molecule has 0 saturated heterocycles. The third kappa shape index (κ3) is 4.37. The van der Waals surface area contributed by atoms with Crippen molar-refractivity contribution in [3.8, 4) is 0 Å². The van der Waals surface area contributed by atoms with Crippen molar-refractivity contribution in [2.75, 3.05) is 12.4 Å². The summed E-state index contributed by atoms with van der Waals surface area (Å²) < 4.78 is 2.34. The zero-order chi connectivity index (χ0) is 12.0. The fourth-order valence-electron chi connectivity index (χ4n) is 0.785. The van der Waals surface area contributed by atoms with E-state index in [0.717, 1.165) is 11.9 Å². The highest BCUT2D eigenvalue weighted by Crippen LogP contribution is 2.11. The van der Waals surface area contributed by atoms with Gasteiger partial charge in [-0.15, -0.1) is 0 Å². The van der Waals surface area contributed by atoms with Crippen molar-refractivity contribution in [1.29, 1.82) is 0 Å². The number of rotatable bonds is 1. The zero-order valence-corrected chi connectivity index (χ0v) is 9.97. The van der Waals surface area contributed by atoms with E-state index in [2.05, 4.69) is 20.0 Å². The molecule has 86 valence electrons. The number of primary amides is 1. The summed E-state index contributed by atoms with van der Waals surface area (Å²) in [6, 6.07) is 2.74. The van der Waals surface area contributed by atoms with Crippen molar-refractivity contribution >= 4 is 40.6 Å². The van der Waals surface area contributed by atoms with Crippen LogP contribution in [0.15, 0.2) is 23.3 Å². The number of pyridine rings is 1. The smallest absolute Gasteiger partial charge is 0.322 e. The number of hydrogen-bond donors (Lipinski definition) is 3. The summed E-state index contributed by atoms with van der Waals surface area (Å²) in [6.07, 6.45) is 1.50. The Morgan fingerprint density at radius 1 is 1.62 bits per heavy atom. The van der Waals surface area contributed by atoms with E-state index >= 15 is 0 Å². The molecule has 1 aromatic heterocycles. The number of aromatic nitrogens is 1. The lowest BCUT2D eigenvalue weighted by atomic mass is 10.5. The molecule has 8 heteroatoms. The van der Waals surface area contributed by atoms with Gasteiger partial charge in [0.15, 0.2) is 5.17 Å². The van der Waals surface area contributed by atoms with Gasteiger partial charge in [0, 0.05) is 25.2 Å². The van der Waals surface area contributed by atoms with E-state index in [1.165, 1.54) is 6.20 Å². The number of anilines is 1. The lowest BCUT2D eigenvalue weighted by Crippen LogP contribution is -2.26. The van der Waals surface area contributed by atoms with E-state index in [0.29, 0.717) is 16.0 Å². The fraction of sp³-hybridized carbons (Fsp3) is 0.125. The lowest BCUT2D eigenvalue weighted by Gasteiger charge is -2.07. The first kappa shape index (κ1) is 12.6. The predicted octanol–water partition coefficient (Wildman–Crippen LogP) is 1.45. The number of carbonyl (C=O) groups is 1. The molecule has 0 aliphatic rings. The van der Waals surface area contributed by atoms with Crippen molar-refractivity contribution in [3.05, 3.63) is 23.4 Å². The maximum Gasteiger partial charge on any atom is 0.322 e. The summed E-state index contributed by atoms with van der Waals surface area (Å²) in [6.45, 7) is 0. The zero-order valence-electron chi connectivity index (χ0n) is 8.40. The summed E-state index contributed by atoms with van der Waals surface area (Å²) in [4.78, 5) is 18.4. The van der Waals surface area contributed by atoms with Crippen molar-refractivity contribution in [2.24, 2.45) is 10.7 Å². The minimum Gasteiger partial charge on any atom is -0.351 e. The quantitative estimate of drug-likeness (QED) is 0.404. The Bertz CT molecular complexity index is 394. The van der Waals surface area contributed by atoms with Gasteiger partial charge in [0.1, 0.15) is 5.82 Å². The Morgan fingerprint density at radius 2 is 2.38 bits per heavy atom. The van der Waals surface area contributed by atoms with E-state index in [9.17, 15) is 4.79 Å². The van der Waals surface area contributed by atoms with Crippen LogP contribution in [-0.4, -0.2) is 23.2 Å². The summed E-state index contributed by atoms with van der Waals surface area (Å²) in [5, 5.41) is 3.90. The molecule has 1 heterocycles. The molecule has 2 amide bonds. The van der Waals surface area contributed by atoms with Crippen LogP contribution in [0.5, 0.6) is 0 Å². The minimum atomic E-state index is -0.642. The van der Waals surface area contributed by atoms with Gasteiger partial charge in [-0.1, -0.05) is 11.6 Å². The number of carbonyl (C=O) groups excluding carboxylic acids is 1. The van der Waals surface area contributed by atoms with Gasteiger partial charge < -0.3 is 11.1 Å². The van der Waals surface area contributed by atoms with Crippen molar-refractivity contribution in [3.63, 3.8) is 0 Å². The molecule has 0 aliphatic carbocycles. The third-order valence-corrected chi connectivity index (χ3v) is 2.42. The number of nitrogens with zero attached hydrogens (tertiary/aromatic N) is 2. The second kappa shape index (κ2) is 6.19. The number of urea groups is 1. The maximum absolute atomic E-state index is 10.5. The van der Waals surface area contributed by atoms with E-state index < -0.39 is 6.03 Å². The molecule has 1 aromatic rings. The molecule has 0 bridgehead atoms. The molecule has 0 unspecified atom stereocenters. The first-order valence-corrected chi connectivity index (χ1v) is 5.39. The largest absolute Gasteiger partial charge is 0.351 e. The van der Waals surface area contributed by atoms with Gasteiger partial charge in [-0.2, -0.15) is 0 Å². The number of nitrogens with one attached hydrogen (secondary N) is 2. The molecule has 0 spiro atoms. The van der Waals surface area contributed by atoms with Crippen LogP contribution < -0.4 is 15.8 Å². The standard InChI is InChI=1S/C8H10ClN5OS/c1-11-8(16-14-7(10)15)13-6-3-2-5(9)4-12-6/h2-4H,1H3,(H3,10,14,15)(H,11,12,13). The normalized spacial score (nSPS) is 11.0. The van der Waals surface area contributed by atoms with Gasteiger partial charge in [0.25, 0.3) is 0 Å². The van der Waals surface area contributed by atoms with E-state index in [1.54, 1.807) is 19.2 Å².